The van der Waals surface area contributed by atoms with Gasteiger partial charge in [-0.3, -0.25) is 14.9 Å². The van der Waals surface area contributed by atoms with E-state index in [-0.39, 0.29) is 52.6 Å². The smallest absolute Gasteiger partial charge is 0.414 e. The molecule has 4 aliphatic rings. The molecule has 2 bridgehead atoms. The summed E-state index contributed by atoms with van der Waals surface area (Å²) in [5.41, 5.74) is -1.35. The number of likely N-dealkylation sites (tertiary alicyclic amines) is 1. The highest BCUT2D eigenvalue weighted by Gasteiger charge is 2.68. The summed E-state index contributed by atoms with van der Waals surface area (Å²) in [4.78, 5) is 42.2. The number of amides is 2. The van der Waals surface area contributed by atoms with Crippen LogP contribution in [0, 0.1) is 51.8 Å². The summed E-state index contributed by atoms with van der Waals surface area (Å²) in [6, 6.07) is 0. The van der Waals surface area contributed by atoms with Crippen LogP contribution in [-0.2, 0) is 14.3 Å². The van der Waals surface area contributed by atoms with Gasteiger partial charge in [0.15, 0.2) is 0 Å². The van der Waals surface area contributed by atoms with E-state index in [4.69, 9.17) is 4.74 Å². The Morgan fingerprint density at radius 3 is 2.46 bits per heavy atom. The summed E-state index contributed by atoms with van der Waals surface area (Å²) in [7, 11) is 1.99. The number of hydrogen-bond donors (Lipinski definition) is 2. The van der Waals surface area contributed by atoms with Crippen LogP contribution >= 0.6 is 0 Å². The fraction of sp³-hybridized carbons (Fsp3) is 0.900. The fourth-order valence-electron chi connectivity index (χ4n) is 8.80. The highest BCUT2D eigenvalue weighted by Crippen LogP contribution is 2.68. The minimum Gasteiger partial charge on any atom is -0.445 e. The molecule has 1 aliphatic heterocycles. The number of carbonyl (C=O) groups excluding carboxylic acids is 3. The third-order valence-electron chi connectivity index (χ3n) is 12.1. The summed E-state index contributed by atoms with van der Waals surface area (Å²) >= 11 is 0. The lowest BCUT2D eigenvalue weighted by Gasteiger charge is -2.62. The van der Waals surface area contributed by atoms with Gasteiger partial charge in [-0.1, -0.05) is 48.5 Å². The van der Waals surface area contributed by atoms with E-state index in [1.165, 1.54) is 0 Å². The average molecular weight is 519 g/mol. The Balaban J connectivity index is 1.68. The Bertz CT molecular complexity index is 922. The van der Waals surface area contributed by atoms with Crippen LogP contribution in [0.4, 0.5) is 4.79 Å². The largest absolute Gasteiger partial charge is 0.445 e. The zero-order valence-corrected chi connectivity index (χ0v) is 24.3. The van der Waals surface area contributed by atoms with E-state index in [0.717, 1.165) is 32.2 Å². The number of alkyl carbamates (subject to hydrolysis) is 1. The van der Waals surface area contributed by atoms with Gasteiger partial charge in [0, 0.05) is 24.3 Å². The third kappa shape index (κ3) is 4.46. The van der Waals surface area contributed by atoms with Crippen molar-refractivity contribution < 1.29 is 24.2 Å². The van der Waals surface area contributed by atoms with Crippen molar-refractivity contribution in [2.45, 2.75) is 99.2 Å². The van der Waals surface area contributed by atoms with Gasteiger partial charge in [-0.05, 0) is 80.2 Å². The number of rotatable bonds is 3. The van der Waals surface area contributed by atoms with Crippen LogP contribution in [0.2, 0.25) is 0 Å². The molecule has 3 saturated carbocycles. The van der Waals surface area contributed by atoms with Crippen molar-refractivity contribution >= 4 is 17.8 Å². The maximum absolute atomic E-state index is 13.6. The average Bonchev–Trinajstić information content (AvgIpc) is 3.19. The standard InChI is InChI=1S/C30H50N2O5/c1-17(2)28(6)15-23(37-27(36)31-26(35)21-16-32(8)14-11-18(21)3)29(7)19(4)9-12-30(20(5)25(28)34)13-10-22(33)24(29)30/h17-21,23-25,34H,9-16H2,1-8H3,(H,31,35,36)/t18-,19+,20-,21-,23+,24?,25-,28-,29-,30?/m0/s1. The number of hydrogen-bond acceptors (Lipinski definition) is 6. The number of piperidine rings is 1. The zero-order chi connectivity index (χ0) is 27.5. The van der Waals surface area contributed by atoms with Crippen LogP contribution in [-0.4, -0.2) is 60.1 Å². The lowest BCUT2D eigenvalue weighted by molar-refractivity contribution is -0.204. The Labute approximate surface area is 223 Å². The quantitative estimate of drug-likeness (QED) is 0.564. The molecule has 4 rings (SSSR count). The van der Waals surface area contributed by atoms with Crippen molar-refractivity contribution in [2.24, 2.45) is 51.8 Å². The first-order valence-corrected chi connectivity index (χ1v) is 14.6. The molecule has 0 radical (unpaired) electrons. The molecule has 3 aliphatic carbocycles. The molecule has 10 atom stereocenters. The lowest BCUT2D eigenvalue weighted by atomic mass is 9.43. The van der Waals surface area contributed by atoms with Gasteiger partial charge in [0.1, 0.15) is 11.9 Å². The van der Waals surface area contributed by atoms with Gasteiger partial charge >= 0.3 is 6.09 Å². The summed E-state index contributed by atoms with van der Waals surface area (Å²) in [5, 5.41) is 14.4. The van der Waals surface area contributed by atoms with E-state index in [1.54, 1.807) is 0 Å². The second-order valence-electron chi connectivity index (χ2n) is 14.1. The maximum Gasteiger partial charge on any atom is 0.414 e. The van der Waals surface area contributed by atoms with Crippen molar-refractivity contribution in [3.8, 4) is 0 Å². The second-order valence-corrected chi connectivity index (χ2v) is 14.1. The van der Waals surface area contributed by atoms with Crippen LogP contribution in [0.5, 0.6) is 0 Å². The van der Waals surface area contributed by atoms with Gasteiger partial charge in [-0.2, -0.15) is 0 Å². The molecular weight excluding hydrogens is 468 g/mol. The number of carbonyl (C=O) groups is 3. The van der Waals surface area contributed by atoms with E-state index >= 15 is 0 Å². The molecule has 0 aromatic heterocycles. The van der Waals surface area contributed by atoms with E-state index in [0.29, 0.717) is 19.4 Å². The van der Waals surface area contributed by atoms with Crippen LogP contribution in [0.15, 0.2) is 0 Å². The summed E-state index contributed by atoms with van der Waals surface area (Å²) in [5.74, 6) is -0.0842. The van der Waals surface area contributed by atoms with Gasteiger partial charge in [0.25, 0.3) is 0 Å². The van der Waals surface area contributed by atoms with E-state index in [2.05, 4.69) is 58.7 Å². The number of nitrogens with one attached hydrogen (secondary N) is 1. The Morgan fingerprint density at radius 1 is 1.14 bits per heavy atom. The molecule has 7 nitrogen and oxygen atoms in total. The van der Waals surface area contributed by atoms with Crippen molar-refractivity contribution in [3.63, 3.8) is 0 Å². The molecule has 2 N–H and O–H groups in total. The second kappa shape index (κ2) is 9.93. The van der Waals surface area contributed by atoms with Crippen molar-refractivity contribution in [1.82, 2.24) is 10.2 Å². The first-order chi connectivity index (χ1) is 17.2. The van der Waals surface area contributed by atoms with Crippen molar-refractivity contribution in [3.05, 3.63) is 0 Å². The van der Waals surface area contributed by atoms with E-state index < -0.39 is 29.1 Å². The number of Topliss-reactive ketones (excluding diaryl/α,β-unsaturated/α-hetero) is 1. The molecule has 0 aromatic carbocycles. The summed E-state index contributed by atoms with van der Waals surface area (Å²) < 4.78 is 6.24. The van der Waals surface area contributed by atoms with Gasteiger partial charge in [-0.15, -0.1) is 0 Å². The lowest BCUT2D eigenvalue weighted by Crippen LogP contribution is -2.64. The first-order valence-electron chi connectivity index (χ1n) is 14.6. The molecule has 2 amide bonds. The number of ether oxygens (including phenoxy) is 1. The highest BCUT2D eigenvalue weighted by molar-refractivity contribution is 5.93. The van der Waals surface area contributed by atoms with Gasteiger partial charge in [0.05, 0.1) is 12.0 Å². The minimum absolute atomic E-state index is 0.0238. The number of ketones is 1. The van der Waals surface area contributed by atoms with Crippen molar-refractivity contribution in [2.75, 3.05) is 20.1 Å². The van der Waals surface area contributed by atoms with Gasteiger partial charge < -0.3 is 14.7 Å². The molecular formula is C30H50N2O5. The minimum atomic E-state index is -0.723. The molecule has 1 heterocycles. The summed E-state index contributed by atoms with van der Waals surface area (Å²) in [6.07, 6.45) is 2.61. The van der Waals surface area contributed by atoms with E-state index in [1.807, 2.05) is 7.05 Å². The highest BCUT2D eigenvalue weighted by atomic mass is 16.6. The number of nitrogens with zero attached hydrogens (tertiary/aromatic N) is 1. The fourth-order valence-corrected chi connectivity index (χ4v) is 8.80. The number of imide groups is 1. The SMILES string of the molecule is CC(C)[C@]1(C)C[C@@H](OC(=O)NC(=O)[C@H]2CN(C)CC[C@@H]2C)[C@@]2(C)C3C(=O)CCC3(CC[C@H]2C)[C@@H](C)[C@@H]1O. The van der Waals surface area contributed by atoms with Gasteiger partial charge in [0.2, 0.25) is 5.91 Å². The number of aliphatic hydroxyl groups is 1. The first kappa shape index (κ1) is 28.5. The van der Waals surface area contributed by atoms with Crippen LogP contribution in [0.3, 0.4) is 0 Å². The van der Waals surface area contributed by atoms with Crippen LogP contribution < -0.4 is 5.32 Å². The normalized spacial score (nSPS) is 46.6. The monoisotopic (exact) mass is 518 g/mol. The van der Waals surface area contributed by atoms with Crippen molar-refractivity contribution in [1.29, 1.82) is 0 Å². The molecule has 1 saturated heterocycles. The van der Waals surface area contributed by atoms with Crippen LogP contribution in [0.25, 0.3) is 0 Å². The van der Waals surface area contributed by atoms with Gasteiger partial charge in [-0.25, -0.2) is 4.79 Å². The predicted molar refractivity (Wildman–Crippen MR) is 143 cm³/mol. The Hall–Kier alpha value is -1.47. The molecule has 0 spiro atoms. The Kier molecular flexibility index (Phi) is 7.66. The molecule has 37 heavy (non-hydrogen) atoms. The summed E-state index contributed by atoms with van der Waals surface area (Å²) in [6.45, 7) is 16.4. The Morgan fingerprint density at radius 2 is 1.81 bits per heavy atom. The van der Waals surface area contributed by atoms with Crippen LogP contribution in [0.1, 0.15) is 87.0 Å². The molecule has 0 aromatic rings. The third-order valence-corrected chi connectivity index (χ3v) is 12.1. The maximum atomic E-state index is 13.6. The molecule has 7 heteroatoms. The molecule has 210 valence electrons. The molecule has 4 fully saturated rings. The van der Waals surface area contributed by atoms with E-state index in [9.17, 15) is 19.5 Å². The number of aliphatic hydroxyl groups excluding tert-OH is 1. The predicted octanol–water partition coefficient (Wildman–Crippen LogP) is 4.66. The molecule has 2 unspecified atom stereocenters. The topological polar surface area (TPSA) is 95.9 Å². The zero-order valence-electron chi connectivity index (χ0n) is 24.3.